The van der Waals surface area contributed by atoms with Gasteiger partial charge in [0.2, 0.25) is 21.8 Å². The summed E-state index contributed by atoms with van der Waals surface area (Å²) in [5.74, 6) is -1.61. The predicted molar refractivity (Wildman–Crippen MR) is 112 cm³/mol. The van der Waals surface area contributed by atoms with Gasteiger partial charge in [-0.1, -0.05) is 18.2 Å². The molecule has 2 amide bonds. The van der Waals surface area contributed by atoms with E-state index in [1.807, 2.05) is 17.5 Å². The molecule has 1 aromatic carbocycles. The maximum absolute atomic E-state index is 14.1. The first-order chi connectivity index (χ1) is 14.3. The van der Waals surface area contributed by atoms with Crippen molar-refractivity contribution in [1.29, 1.82) is 0 Å². The summed E-state index contributed by atoms with van der Waals surface area (Å²) in [7, 11) is -4.16. The molecule has 0 saturated carbocycles. The lowest BCUT2D eigenvalue weighted by Gasteiger charge is -2.29. The van der Waals surface area contributed by atoms with Crippen LogP contribution in [-0.2, 0) is 26.2 Å². The van der Waals surface area contributed by atoms with Crippen LogP contribution in [0.25, 0.3) is 0 Å². The van der Waals surface area contributed by atoms with Crippen LogP contribution in [0.1, 0.15) is 24.6 Å². The Morgan fingerprint density at radius 1 is 1.27 bits per heavy atom. The number of hydrogen-bond acceptors (Lipinski definition) is 5. The molecule has 1 saturated heterocycles. The molecule has 0 spiro atoms. The number of thiophene rings is 1. The smallest absolute Gasteiger partial charge is 0.246 e. The summed E-state index contributed by atoms with van der Waals surface area (Å²) in [5, 5.41) is 4.68. The first-order valence-corrected chi connectivity index (χ1v) is 12.0. The molecule has 30 heavy (non-hydrogen) atoms. The molecule has 0 radical (unpaired) electrons. The number of likely N-dealkylation sites (N-methyl/N-ethyl adjacent to an activating group) is 1. The number of halogens is 1. The van der Waals surface area contributed by atoms with E-state index in [0.717, 1.165) is 15.2 Å². The number of nitrogens with zero attached hydrogens (tertiary/aromatic N) is 2. The molecule has 1 aliphatic heterocycles. The monoisotopic (exact) mass is 453 g/mol. The maximum Gasteiger partial charge on any atom is 0.246 e. The van der Waals surface area contributed by atoms with Gasteiger partial charge in [0, 0.05) is 18.0 Å². The van der Waals surface area contributed by atoms with E-state index in [9.17, 15) is 22.4 Å². The van der Waals surface area contributed by atoms with Crippen molar-refractivity contribution in [1.82, 2.24) is 14.5 Å². The number of carbonyl (C=O) groups is 2. The Morgan fingerprint density at radius 3 is 2.70 bits per heavy atom. The van der Waals surface area contributed by atoms with Crippen LogP contribution in [0.15, 0.2) is 46.7 Å². The van der Waals surface area contributed by atoms with E-state index in [2.05, 4.69) is 5.32 Å². The minimum atomic E-state index is -4.16. The third-order valence-corrected chi connectivity index (χ3v) is 7.80. The van der Waals surface area contributed by atoms with Gasteiger partial charge in [-0.15, -0.1) is 11.3 Å². The summed E-state index contributed by atoms with van der Waals surface area (Å²) in [6.07, 6.45) is 0.825. The highest BCUT2D eigenvalue weighted by Crippen LogP contribution is 2.28. The first-order valence-electron chi connectivity index (χ1n) is 9.68. The van der Waals surface area contributed by atoms with Gasteiger partial charge < -0.3 is 10.2 Å². The number of rotatable bonds is 8. The van der Waals surface area contributed by atoms with Gasteiger partial charge in [0.25, 0.3) is 0 Å². The summed E-state index contributed by atoms with van der Waals surface area (Å²) in [5.41, 5.74) is 0. The number of benzene rings is 1. The predicted octanol–water partition coefficient (Wildman–Crippen LogP) is 2.21. The highest BCUT2D eigenvalue weighted by Gasteiger charge is 2.42. The van der Waals surface area contributed by atoms with Gasteiger partial charge in [0.1, 0.15) is 16.8 Å². The van der Waals surface area contributed by atoms with Gasteiger partial charge in [0.05, 0.1) is 13.1 Å². The molecular weight excluding hydrogens is 429 g/mol. The number of amides is 2. The molecule has 10 heteroatoms. The molecule has 162 valence electrons. The summed E-state index contributed by atoms with van der Waals surface area (Å²) < 4.78 is 41.1. The Labute approximate surface area is 179 Å². The number of carbonyl (C=O) groups excluding carboxylic acids is 2. The van der Waals surface area contributed by atoms with Crippen molar-refractivity contribution in [3.8, 4) is 0 Å². The van der Waals surface area contributed by atoms with Crippen molar-refractivity contribution in [2.45, 2.75) is 37.2 Å². The second kappa shape index (κ2) is 9.67. The fourth-order valence-electron chi connectivity index (χ4n) is 3.44. The van der Waals surface area contributed by atoms with E-state index in [-0.39, 0.29) is 25.5 Å². The zero-order valence-corrected chi connectivity index (χ0v) is 18.2. The number of sulfonamides is 1. The van der Waals surface area contributed by atoms with Crippen molar-refractivity contribution >= 4 is 33.2 Å². The van der Waals surface area contributed by atoms with Crippen LogP contribution in [0.2, 0.25) is 0 Å². The Balaban J connectivity index is 1.70. The molecule has 1 aliphatic rings. The average Bonchev–Trinajstić information content (AvgIpc) is 3.42. The summed E-state index contributed by atoms with van der Waals surface area (Å²) in [6.45, 7) is 2.34. The third-order valence-electron chi connectivity index (χ3n) is 4.98. The van der Waals surface area contributed by atoms with Crippen molar-refractivity contribution in [3.05, 3.63) is 52.5 Å². The topological polar surface area (TPSA) is 86.8 Å². The second-order valence-corrected chi connectivity index (χ2v) is 9.80. The van der Waals surface area contributed by atoms with Crippen LogP contribution in [-0.4, -0.2) is 55.1 Å². The summed E-state index contributed by atoms with van der Waals surface area (Å²) in [6, 6.07) is 7.97. The SMILES string of the molecule is CCN(CC(=O)NCc1cccs1)C(=O)C1CCCN1S(=O)(=O)c1ccccc1F. The molecule has 0 aliphatic carbocycles. The van der Waals surface area contributed by atoms with Gasteiger partial charge in [0.15, 0.2) is 0 Å². The molecule has 1 N–H and O–H groups in total. The lowest BCUT2D eigenvalue weighted by atomic mass is 10.2. The Morgan fingerprint density at radius 2 is 2.03 bits per heavy atom. The van der Waals surface area contributed by atoms with Crippen molar-refractivity contribution in [3.63, 3.8) is 0 Å². The molecular formula is C20H24FN3O4S2. The second-order valence-electron chi connectivity index (χ2n) is 6.91. The molecule has 2 aromatic rings. The van der Waals surface area contributed by atoms with Crippen LogP contribution in [0.4, 0.5) is 4.39 Å². The Hall–Kier alpha value is -2.30. The van der Waals surface area contributed by atoms with E-state index < -0.39 is 32.7 Å². The fraction of sp³-hybridized carbons (Fsp3) is 0.400. The molecule has 7 nitrogen and oxygen atoms in total. The summed E-state index contributed by atoms with van der Waals surface area (Å²) in [4.78, 5) is 27.2. The van der Waals surface area contributed by atoms with Crippen molar-refractivity contribution in [2.75, 3.05) is 19.6 Å². The molecule has 1 atom stereocenters. The number of nitrogens with one attached hydrogen (secondary N) is 1. The maximum atomic E-state index is 14.1. The van der Waals surface area contributed by atoms with Crippen molar-refractivity contribution < 1.29 is 22.4 Å². The highest BCUT2D eigenvalue weighted by molar-refractivity contribution is 7.89. The largest absolute Gasteiger partial charge is 0.350 e. The summed E-state index contributed by atoms with van der Waals surface area (Å²) >= 11 is 1.52. The van der Waals surface area contributed by atoms with E-state index >= 15 is 0 Å². The fourth-order valence-corrected chi connectivity index (χ4v) is 5.80. The van der Waals surface area contributed by atoms with Gasteiger partial charge in [-0.3, -0.25) is 9.59 Å². The van der Waals surface area contributed by atoms with Gasteiger partial charge in [-0.2, -0.15) is 4.31 Å². The van der Waals surface area contributed by atoms with E-state index in [4.69, 9.17) is 0 Å². The van der Waals surface area contributed by atoms with Crippen LogP contribution >= 0.6 is 11.3 Å². The van der Waals surface area contributed by atoms with Crippen LogP contribution in [0, 0.1) is 5.82 Å². The minimum Gasteiger partial charge on any atom is -0.350 e. The standard InChI is InChI=1S/C20H24FN3O4S2/c1-2-23(14-19(25)22-13-15-7-6-12-29-15)20(26)17-9-5-11-24(17)30(27,28)18-10-4-3-8-16(18)21/h3-4,6-8,10,12,17H,2,5,9,11,13-14H2,1H3,(H,22,25). The van der Waals surface area contributed by atoms with E-state index in [0.29, 0.717) is 19.4 Å². The lowest BCUT2D eigenvalue weighted by molar-refractivity contribution is -0.138. The van der Waals surface area contributed by atoms with Gasteiger partial charge in [-0.25, -0.2) is 12.8 Å². The van der Waals surface area contributed by atoms with Crippen molar-refractivity contribution in [2.24, 2.45) is 0 Å². The average molecular weight is 454 g/mol. The number of hydrogen-bond donors (Lipinski definition) is 1. The Kier molecular flexibility index (Phi) is 7.22. The zero-order valence-electron chi connectivity index (χ0n) is 16.6. The molecule has 1 unspecified atom stereocenters. The molecule has 2 heterocycles. The zero-order chi connectivity index (χ0) is 21.7. The van der Waals surface area contributed by atoms with Gasteiger partial charge in [-0.05, 0) is 43.3 Å². The van der Waals surface area contributed by atoms with Crippen LogP contribution in [0.3, 0.4) is 0 Å². The quantitative estimate of drug-likeness (QED) is 0.664. The van der Waals surface area contributed by atoms with Gasteiger partial charge >= 0.3 is 0 Å². The molecule has 3 rings (SSSR count). The highest BCUT2D eigenvalue weighted by atomic mass is 32.2. The normalized spacial score (nSPS) is 17.1. The molecule has 1 fully saturated rings. The minimum absolute atomic E-state index is 0.134. The van der Waals surface area contributed by atoms with E-state index in [1.165, 1.54) is 34.4 Å². The molecule has 1 aromatic heterocycles. The lowest BCUT2D eigenvalue weighted by Crippen LogP contribution is -2.50. The van der Waals surface area contributed by atoms with Crippen LogP contribution in [0.5, 0.6) is 0 Å². The Bertz CT molecular complexity index is 995. The van der Waals surface area contributed by atoms with E-state index in [1.54, 1.807) is 6.92 Å². The third kappa shape index (κ3) is 4.88. The van der Waals surface area contributed by atoms with Crippen LogP contribution < -0.4 is 5.32 Å². The first kappa shape index (κ1) is 22.4. The molecule has 0 bridgehead atoms.